The van der Waals surface area contributed by atoms with E-state index in [-0.39, 0.29) is 53.9 Å². The van der Waals surface area contributed by atoms with Crippen molar-refractivity contribution in [3.8, 4) is 12.1 Å². The van der Waals surface area contributed by atoms with Gasteiger partial charge in [-0.2, -0.15) is 0 Å². The van der Waals surface area contributed by atoms with E-state index in [0.29, 0.717) is 10.8 Å². The van der Waals surface area contributed by atoms with Gasteiger partial charge in [-0.3, -0.25) is 9.59 Å². The lowest BCUT2D eigenvalue weighted by molar-refractivity contribution is 1.51. The molecule has 6 nitrogen and oxygen atoms in total. The van der Waals surface area contributed by atoms with Gasteiger partial charge in [-0.15, -0.1) is 0 Å². The molecule has 0 saturated heterocycles. The Kier molecular flexibility index (Phi) is 4.34. The van der Waals surface area contributed by atoms with Gasteiger partial charge in [-0.25, -0.2) is 20.2 Å². The van der Waals surface area contributed by atoms with Gasteiger partial charge in [0.15, 0.2) is 10.9 Å². The van der Waals surface area contributed by atoms with Crippen LogP contribution in [0.4, 0.5) is 0 Å². The van der Waals surface area contributed by atoms with Crippen LogP contribution < -0.4 is 31.7 Å². The van der Waals surface area contributed by atoms with E-state index in [0.717, 1.165) is 0 Å². The molecule has 0 aromatic heterocycles. The molecule has 130 valence electrons. The smallest absolute Gasteiger partial charge is 0.270 e. The second-order valence-electron chi connectivity index (χ2n) is 5.90. The van der Waals surface area contributed by atoms with Gasteiger partial charge in [0.25, 0.3) is 11.4 Å². The van der Waals surface area contributed by atoms with Gasteiger partial charge in [0.1, 0.15) is 0 Å². The highest BCUT2D eigenvalue weighted by molar-refractivity contribution is 6.02. The predicted molar refractivity (Wildman–Crippen MR) is 106 cm³/mol. The SMILES string of the molecule is [C-]#[N+]/C(C#N)=c1\c(=C/C)c(=O)c2cc3c(=C(/C#N)[N+]#[C-])/c(=C\C)c(=O)c3cc12. The van der Waals surface area contributed by atoms with Crippen molar-refractivity contribution in [2.45, 2.75) is 13.8 Å². The average Bonchev–Trinajstić information content (AvgIpc) is 3.14. The second-order valence-corrected chi connectivity index (χ2v) is 5.90. The predicted octanol–water partition coefficient (Wildman–Crippen LogP) is 0.292. The minimum Gasteiger partial charge on any atom is -0.289 e. The molecular weight excluding hydrogens is 352 g/mol. The van der Waals surface area contributed by atoms with Crippen LogP contribution in [0.25, 0.3) is 54.8 Å². The highest BCUT2D eigenvalue weighted by atomic mass is 16.1. The topological polar surface area (TPSA) is 90.4 Å². The Morgan fingerprint density at radius 1 is 0.821 bits per heavy atom. The molecule has 3 aromatic carbocycles. The fraction of sp³-hybridized carbons (Fsp3) is 0.0909. The maximum absolute atomic E-state index is 12.9. The molecule has 0 bridgehead atoms. The summed E-state index contributed by atoms with van der Waals surface area (Å²) in [5, 5.41) is 20.6. The number of fused-ring (bicyclic) bond motifs is 2. The van der Waals surface area contributed by atoms with Gasteiger partial charge in [-0.1, -0.05) is 12.2 Å². The standard InChI is InChI=1S/C22H10N4O2/c1-5-11-19(17(9-23)25-3)13-7-16-14(8-15(13)21(11)27)20(18(10-24)26-4)12(6-2)22(16)28/h5-8H,1-2H3/b11-5+,12-6+,19-17-,20-18+. The summed E-state index contributed by atoms with van der Waals surface area (Å²) < 4.78 is 0. The van der Waals surface area contributed by atoms with Crippen LogP contribution >= 0.6 is 0 Å². The van der Waals surface area contributed by atoms with Gasteiger partial charge in [0.2, 0.25) is 0 Å². The molecule has 0 atom stereocenters. The van der Waals surface area contributed by atoms with Crippen molar-refractivity contribution in [2.75, 3.05) is 0 Å². The second kappa shape index (κ2) is 6.65. The fourth-order valence-electron chi connectivity index (χ4n) is 3.53. The van der Waals surface area contributed by atoms with E-state index in [9.17, 15) is 20.1 Å². The molecule has 0 saturated carbocycles. The van der Waals surface area contributed by atoms with E-state index in [1.807, 2.05) is 12.1 Å². The zero-order valence-corrected chi connectivity index (χ0v) is 14.9. The minimum atomic E-state index is -0.367. The zero-order chi connectivity index (χ0) is 20.6. The molecule has 6 heteroatoms. The summed E-state index contributed by atoms with van der Waals surface area (Å²) >= 11 is 0. The van der Waals surface area contributed by atoms with Crippen molar-refractivity contribution in [1.29, 1.82) is 10.5 Å². The van der Waals surface area contributed by atoms with E-state index in [2.05, 4.69) is 9.69 Å². The summed E-state index contributed by atoms with van der Waals surface area (Å²) in [6.45, 7) is 17.8. The molecule has 0 radical (unpaired) electrons. The molecule has 0 aliphatic rings. The third-order valence-corrected chi connectivity index (χ3v) is 4.70. The van der Waals surface area contributed by atoms with Crippen LogP contribution in [0.15, 0.2) is 21.7 Å². The number of benzene rings is 1. The fourth-order valence-corrected chi connectivity index (χ4v) is 3.53. The van der Waals surface area contributed by atoms with Gasteiger partial charge in [0.05, 0.1) is 25.3 Å². The number of rotatable bonds is 0. The van der Waals surface area contributed by atoms with Crippen LogP contribution in [-0.2, 0) is 0 Å². The number of hydrogen-bond donors (Lipinski definition) is 0. The summed E-state index contributed by atoms with van der Waals surface area (Å²) in [7, 11) is 0. The maximum atomic E-state index is 12.9. The van der Waals surface area contributed by atoms with Crippen LogP contribution in [0.1, 0.15) is 13.8 Å². The van der Waals surface area contributed by atoms with E-state index >= 15 is 0 Å². The lowest BCUT2D eigenvalue weighted by Crippen LogP contribution is -2.33. The lowest BCUT2D eigenvalue weighted by Gasteiger charge is -1.94. The molecule has 0 heterocycles. The first-order valence-electron chi connectivity index (χ1n) is 8.14. The largest absolute Gasteiger partial charge is 0.289 e. The van der Waals surface area contributed by atoms with Crippen molar-refractivity contribution in [3.63, 3.8) is 0 Å². The van der Waals surface area contributed by atoms with Gasteiger partial charge < -0.3 is 0 Å². The van der Waals surface area contributed by atoms with Gasteiger partial charge in [-0.05, 0) is 36.8 Å². The van der Waals surface area contributed by atoms with E-state index in [1.54, 1.807) is 13.8 Å². The highest BCUT2D eigenvalue weighted by Gasteiger charge is 2.16. The van der Waals surface area contributed by atoms with Gasteiger partial charge >= 0.3 is 0 Å². The summed E-state index contributed by atoms with van der Waals surface area (Å²) in [5.74, 6) is 0. The summed E-state index contributed by atoms with van der Waals surface area (Å²) in [4.78, 5) is 32.2. The van der Waals surface area contributed by atoms with Crippen LogP contribution in [0, 0.1) is 35.8 Å². The summed E-state index contributed by atoms with van der Waals surface area (Å²) in [5.41, 5.74) is -1.19. The Hall–Kier alpha value is -4.52. The first kappa shape index (κ1) is 18.3. The Labute approximate surface area is 158 Å². The van der Waals surface area contributed by atoms with Crippen LogP contribution in [0.2, 0.25) is 0 Å². The van der Waals surface area contributed by atoms with Crippen molar-refractivity contribution < 1.29 is 0 Å². The first-order valence-corrected chi connectivity index (χ1v) is 8.14. The minimum absolute atomic E-state index is 0.209. The quantitative estimate of drug-likeness (QED) is 0.538. The normalized spacial score (nSPS) is 14.4. The molecule has 0 N–H and O–H groups in total. The molecule has 0 aliphatic carbocycles. The molecule has 0 amide bonds. The Morgan fingerprint density at radius 2 is 1.18 bits per heavy atom. The number of nitrogens with zero attached hydrogens (tertiary/aromatic N) is 4. The van der Waals surface area contributed by atoms with Crippen molar-refractivity contribution in [2.24, 2.45) is 0 Å². The van der Waals surface area contributed by atoms with Crippen LogP contribution in [0.3, 0.4) is 0 Å². The summed E-state index contributed by atoms with van der Waals surface area (Å²) in [6, 6.07) is 6.58. The Balaban J connectivity index is 2.91. The molecule has 0 fully saturated rings. The zero-order valence-electron chi connectivity index (χ0n) is 14.9. The number of hydrogen-bond acceptors (Lipinski definition) is 4. The van der Waals surface area contributed by atoms with Crippen molar-refractivity contribution in [3.05, 3.63) is 76.3 Å². The van der Waals surface area contributed by atoms with Crippen LogP contribution in [0.5, 0.6) is 0 Å². The first-order chi connectivity index (χ1) is 13.5. The Bertz CT molecular complexity index is 1540. The maximum Gasteiger partial charge on any atom is 0.270 e. The van der Waals surface area contributed by atoms with Gasteiger partial charge in [0, 0.05) is 31.6 Å². The molecule has 28 heavy (non-hydrogen) atoms. The average molecular weight is 362 g/mol. The van der Waals surface area contributed by atoms with Crippen molar-refractivity contribution >= 4 is 45.1 Å². The summed E-state index contributed by atoms with van der Waals surface area (Å²) in [6.07, 6.45) is 3.06. The third kappa shape index (κ3) is 2.24. The molecule has 0 spiro atoms. The van der Waals surface area contributed by atoms with E-state index in [4.69, 9.17) is 13.1 Å². The highest BCUT2D eigenvalue weighted by Crippen LogP contribution is 2.14. The van der Waals surface area contributed by atoms with Crippen LogP contribution in [-0.4, -0.2) is 0 Å². The molecule has 0 unspecified atom stereocenters. The Morgan fingerprint density at radius 3 is 1.43 bits per heavy atom. The van der Waals surface area contributed by atoms with Crippen molar-refractivity contribution in [1.82, 2.24) is 0 Å². The third-order valence-electron chi connectivity index (χ3n) is 4.70. The molecule has 3 rings (SSSR count). The van der Waals surface area contributed by atoms with E-state index < -0.39 is 0 Å². The monoisotopic (exact) mass is 362 g/mol. The molecule has 3 aromatic rings. The number of nitriles is 2. The lowest BCUT2D eigenvalue weighted by atomic mass is 10.1. The molecule has 0 aliphatic heterocycles. The molecular formula is C22H10N4O2. The van der Waals surface area contributed by atoms with E-state index in [1.165, 1.54) is 24.3 Å².